The lowest BCUT2D eigenvalue weighted by molar-refractivity contribution is 0.217. The highest BCUT2D eigenvalue weighted by Crippen LogP contribution is 2.47. The molecule has 156 valence electrons. The van der Waals surface area contributed by atoms with Crippen molar-refractivity contribution in [3.8, 4) is 22.6 Å². The monoisotopic (exact) mass is 408 g/mol. The molecule has 0 aliphatic carbocycles. The molecule has 0 radical (unpaired) electrons. The van der Waals surface area contributed by atoms with Crippen LogP contribution in [0.3, 0.4) is 0 Å². The maximum Gasteiger partial charge on any atom is 0.329 e. The molecule has 1 aromatic carbocycles. The second-order valence-corrected chi connectivity index (χ2v) is 8.01. The molecule has 30 heavy (non-hydrogen) atoms. The summed E-state index contributed by atoms with van der Waals surface area (Å²) in [7, 11) is 9.29. The first-order valence-corrected chi connectivity index (χ1v) is 9.78. The Balaban J connectivity index is 1.94. The van der Waals surface area contributed by atoms with Crippen LogP contribution in [0.15, 0.2) is 29.5 Å². The molecule has 0 fully saturated rings. The smallest absolute Gasteiger partial charge is 0.329 e. The molecule has 0 spiro atoms. The summed E-state index contributed by atoms with van der Waals surface area (Å²) in [6.07, 6.45) is 5.47. The van der Waals surface area contributed by atoms with Crippen molar-refractivity contribution in [2.75, 3.05) is 34.4 Å². The van der Waals surface area contributed by atoms with Crippen LogP contribution in [0, 0.1) is 0 Å². The minimum absolute atomic E-state index is 0.0682. The van der Waals surface area contributed by atoms with E-state index in [9.17, 15) is 4.79 Å². The summed E-state index contributed by atoms with van der Waals surface area (Å²) in [6, 6.07) is 1.76. The standard InChI is InChI=1S/C21H24N6O3/c1-24(2)10-13-11-30-20-17(12-7-23-25(3)9-12)16(29-5)6-14-18(20)19-15(8-22-14)26(4)21(28)27(13)19/h6-9,13H,10-11H2,1-5H3. The average molecular weight is 408 g/mol. The highest BCUT2D eigenvalue weighted by molar-refractivity contribution is 6.10. The van der Waals surface area contributed by atoms with E-state index in [2.05, 4.69) is 15.0 Å². The third-order valence-corrected chi connectivity index (χ3v) is 5.70. The van der Waals surface area contributed by atoms with E-state index in [-0.39, 0.29) is 11.7 Å². The number of aryl methyl sites for hydroxylation is 2. The van der Waals surface area contributed by atoms with Crippen LogP contribution in [-0.4, -0.2) is 63.2 Å². The molecule has 0 amide bonds. The van der Waals surface area contributed by atoms with Gasteiger partial charge in [-0.1, -0.05) is 0 Å². The Morgan fingerprint density at radius 2 is 2.10 bits per heavy atom. The number of nitrogens with zero attached hydrogens (tertiary/aromatic N) is 6. The maximum atomic E-state index is 13.2. The van der Waals surface area contributed by atoms with Gasteiger partial charge in [-0.25, -0.2) is 4.79 Å². The third kappa shape index (κ3) is 2.55. The fraction of sp³-hybridized carbons (Fsp3) is 0.381. The normalized spacial score (nSPS) is 15.9. The van der Waals surface area contributed by atoms with Gasteiger partial charge in [0.15, 0.2) is 0 Å². The summed E-state index contributed by atoms with van der Waals surface area (Å²) in [4.78, 5) is 19.9. The summed E-state index contributed by atoms with van der Waals surface area (Å²) >= 11 is 0. The Bertz CT molecular complexity index is 1350. The van der Waals surface area contributed by atoms with E-state index < -0.39 is 0 Å². The Labute approximate surface area is 173 Å². The maximum absolute atomic E-state index is 13.2. The zero-order valence-corrected chi connectivity index (χ0v) is 17.7. The lowest BCUT2D eigenvalue weighted by Gasteiger charge is -2.21. The van der Waals surface area contributed by atoms with Crippen molar-refractivity contribution in [2.45, 2.75) is 6.04 Å². The quantitative estimate of drug-likeness (QED) is 0.512. The molecular formula is C21H24N6O3. The molecule has 5 rings (SSSR count). The SMILES string of the molecule is COc1cc2ncc3c4c2c(c1-c1cnn(C)c1)OCC(CN(C)C)n4c(=O)n3C. The van der Waals surface area contributed by atoms with Gasteiger partial charge in [0.05, 0.1) is 53.0 Å². The Kier molecular flexibility index (Phi) is 4.11. The minimum atomic E-state index is -0.137. The summed E-state index contributed by atoms with van der Waals surface area (Å²) in [5.74, 6) is 1.34. The minimum Gasteiger partial charge on any atom is -0.496 e. The highest BCUT2D eigenvalue weighted by Gasteiger charge is 2.30. The van der Waals surface area contributed by atoms with Crippen LogP contribution in [0.4, 0.5) is 0 Å². The number of likely N-dealkylation sites (N-methyl/N-ethyl adjacent to an activating group) is 1. The van der Waals surface area contributed by atoms with Crippen LogP contribution in [0.2, 0.25) is 0 Å². The van der Waals surface area contributed by atoms with Crippen LogP contribution < -0.4 is 15.2 Å². The average Bonchev–Trinajstić information content (AvgIpc) is 3.19. The predicted molar refractivity (Wildman–Crippen MR) is 114 cm³/mol. The van der Waals surface area contributed by atoms with Crippen molar-refractivity contribution in [1.82, 2.24) is 28.8 Å². The summed E-state index contributed by atoms with van der Waals surface area (Å²) < 4.78 is 17.4. The first-order chi connectivity index (χ1) is 14.4. The van der Waals surface area contributed by atoms with Gasteiger partial charge >= 0.3 is 5.69 Å². The molecule has 4 heterocycles. The Morgan fingerprint density at radius 1 is 1.30 bits per heavy atom. The second-order valence-electron chi connectivity index (χ2n) is 8.01. The van der Waals surface area contributed by atoms with Gasteiger partial charge in [0, 0.05) is 38.5 Å². The van der Waals surface area contributed by atoms with Crippen LogP contribution in [0.25, 0.3) is 33.1 Å². The van der Waals surface area contributed by atoms with Crippen LogP contribution in [0.1, 0.15) is 6.04 Å². The van der Waals surface area contributed by atoms with E-state index in [1.54, 1.807) is 35.8 Å². The van der Waals surface area contributed by atoms with Gasteiger partial charge in [-0.3, -0.25) is 18.8 Å². The Morgan fingerprint density at radius 3 is 2.77 bits per heavy atom. The molecule has 1 aliphatic heterocycles. The number of rotatable bonds is 4. The second kappa shape index (κ2) is 6.60. The molecule has 9 heteroatoms. The molecule has 1 unspecified atom stereocenters. The molecule has 0 bridgehead atoms. The molecule has 4 aromatic rings. The number of methoxy groups -OCH3 is 1. The molecule has 9 nitrogen and oxygen atoms in total. The van der Waals surface area contributed by atoms with Gasteiger partial charge in [-0.05, 0) is 14.1 Å². The van der Waals surface area contributed by atoms with Gasteiger partial charge in [0.2, 0.25) is 0 Å². The van der Waals surface area contributed by atoms with Crippen molar-refractivity contribution in [2.24, 2.45) is 14.1 Å². The third-order valence-electron chi connectivity index (χ3n) is 5.70. The number of hydrogen-bond donors (Lipinski definition) is 0. The topological polar surface area (TPSA) is 79.3 Å². The van der Waals surface area contributed by atoms with Gasteiger partial charge < -0.3 is 14.4 Å². The number of hydrogen-bond acceptors (Lipinski definition) is 6. The van der Waals surface area contributed by atoms with Gasteiger partial charge in [0.25, 0.3) is 0 Å². The predicted octanol–water partition coefficient (Wildman–Crippen LogP) is 1.79. The van der Waals surface area contributed by atoms with Crippen LogP contribution in [0.5, 0.6) is 11.5 Å². The highest BCUT2D eigenvalue weighted by atomic mass is 16.5. The molecular weight excluding hydrogens is 384 g/mol. The van der Waals surface area contributed by atoms with Gasteiger partial charge in [-0.15, -0.1) is 0 Å². The number of imidazole rings is 1. The molecule has 1 atom stereocenters. The van der Waals surface area contributed by atoms with Gasteiger partial charge in [-0.2, -0.15) is 5.10 Å². The zero-order chi connectivity index (χ0) is 21.2. The van der Waals surface area contributed by atoms with Crippen molar-refractivity contribution < 1.29 is 9.47 Å². The number of ether oxygens (including phenoxy) is 2. The lowest BCUT2D eigenvalue weighted by Crippen LogP contribution is -2.35. The van der Waals surface area contributed by atoms with Crippen molar-refractivity contribution in [3.05, 3.63) is 35.1 Å². The zero-order valence-electron chi connectivity index (χ0n) is 17.7. The van der Waals surface area contributed by atoms with Crippen LogP contribution in [-0.2, 0) is 14.1 Å². The number of benzene rings is 1. The van der Waals surface area contributed by atoms with Crippen molar-refractivity contribution in [3.63, 3.8) is 0 Å². The number of aromatic nitrogens is 5. The largest absolute Gasteiger partial charge is 0.496 e. The molecule has 0 saturated carbocycles. The number of pyridine rings is 1. The molecule has 0 saturated heterocycles. The van der Waals surface area contributed by atoms with E-state index in [0.29, 0.717) is 24.7 Å². The summed E-state index contributed by atoms with van der Waals surface area (Å²) in [5.41, 5.74) is 4.00. The Hall–Kier alpha value is -3.33. The van der Waals surface area contributed by atoms with Crippen molar-refractivity contribution >= 4 is 21.9 Å². The summed E-state index contributed by atoms with van der Waals surface area (Å²) in [5, 5.41) is 5.15. The van der Waals surface area contributed by atoms with E-state index in [1.807, 2.05) is 38.0 Å². The molecule has 3 aromatic heterocycles. The molecule has 0 N–H and O–H groups in total. The molecule has 1 aliphatic rings. The van der Waals surface area contributed by atoms with E-state index in [1.165, 1.54) is 0 Å². The fourth-order valence-corrected chi connectivity index (χ4v) is 4.40. The van der Waals surface area contributed by atoms with Crippen LogP contribution >= 0.6 is 0 Å². The van der Waals surface area contributed by atoms with E-state index in [4.69, 9.17) is 9.47 Å². The first kappa shape index (κ1) is 18.7. The van der Waals surface area contributed by atoms with Crippen molar-refractivity contribution in [1.29, 1.82) is 0 Å². The van der Waals surface area contributed by atoms with E-state index in [0.717, 1.165) is 33.1 Å². The summed E-state index contributed by atoms with van der Waals surface area (Å²) in [6.45, 7) is 1.04. The fourth-order valence-electron chi connectivity index (χ4n) is 4.40. The lowest BCUT2D eigenvalue weighted by atomic mass is 10.0. The first-order valence-electron chi connectivity index (χ1n) is 9.78. The van der Waals surface area contributed by atoms with E-state index >= 15 is 0 Å². The van der Waals surface area contributed by atoms with Gasteiger partial charge in [0.1, 0.15) is 18.1 Å².